The van der Waals surface area contributed by atoms with Crippen molar-refractivity contribution in [1.82, 2.24) is 0 Å². The van der Waals surface area contributed by atoms with Crippen LogP contribution in [0.1, 0.15) is 39.7 Å². The summed E-state index contributed by atoms with van der Waals surface area (Å²) in [4.78, 5) is 23.6. The summed E-state index contributed by atoms with van der Waals surface area (Å²) in [5.41, 5.74) is 0.570. The third-order valence-electron chi connectivity index (χ3n) is 5.23. The van der Waals surface area contributed by atoms with E-state index in [-0.39, 0.29) is 12.2 Å². The number of hydrogen-bond acceptors (Lipinski definition) is 3. The van der Waals surface area contributed by atoms with Gasteiger partial charge in [-0.25, -0.2) is 4.79 Å². The van der Waals surface area contributed by atoms with Gasteiger partial charge in [-0.3, -0.25) is 4.79 Å². The number of carboxylic acids is 1. The SMILES string of the molecule is CC1=C(Cc2ccc(Cl)cc2)C(=O)CC(C)(C)[C@@]1(O)/C=C/C(C)=C\C(=O)O. The molecule has 1 aromatic rings. The summed E-state index contributed by atoms with van der Waals surface area (Å²) in [7, 11) is 0. The number of aliphatic carboxylic acids is 1. The standard InChI is InChI=1S/C22H25ClO4/c1-14(11-20(25)26)9-10-22(27)15(2)18(19(24)13-21(22,3)4)12-16-5-7-17(23)8-6-16/h5-11,27H,12-13H2,1-4H3,(H,25,26)/b10-9+,14-11-/t22-/m1/s1. The topological polar surface area (TPSA) is 74.6 Å². The van der Waals surface area contributed by atoms with Gasteiger partial charge in [0.05, 0.1) is 0 Å². The van der Waals surface area contributed by atoms with E-state index in [1.54, 1.807) is 38.1 Å². The van der Waals surface area contributed by atoms with Gasteiger partial charge in [0.2, 0.25) is 0 Å². The Bertz CT molecular complexity index is 844. The minimum atomic E-state index is -1.35. The van der Waals surface area contributed by atoms with Gasteiger partial charge in [0, 0.05) is 34.9 Å². The highest BCUT2D eigenvalue weighted by molar-refractivity contribution is 6.30. The molecule has 4 nitrogen and oxygen atoms in total. The Morgan fingerprint density at radius 1 is 1.26 bits per heavy atom. The van der Waals surface area contributed by atoms with Crippen molar-refractivity contribution in [1.29, 1.82) is 0 Å². The molecule has 0 saturated heterocycles. The first-order chi connectivity index (χ1) is 12.5. The largest absolute Gasteiger partial charge is 0.478 e. The molecule has 0 saturated carbocycles. The van der Waals surface area contributed by atoms with Crippen molar-refractivity contribution in [2.75, 3.05) is 0 Å². The number of aliphatic hydroxyl groups is 1. The molecular formula is C22H25ClO4. The van der Waals surface area contributed by atoms with E-state index >= 15 is 0 Å². The highest BCUT2D eigenvalue weighted by Crippen LogP contribution is 2.47. The van der Waals surface area contributed by atoms with Crippen LogP contribution in [0.5, 0.6) is 0 Å². The number of Topliss-reactive ketones (excluding diaryl/α,β-unsaturated/α-hetero) is 1. The van der Waals surface area contributed by atoms with Gasteiger partial charge in [0.25, 0.3) is 0 Å². The van der Waals surface area contributed by atoms with Gasteiger partial charge in [-0.1, -0.05) is 43.7 Å². The van der Waals surface area contributed by atoms with E-state index in [0.717, 1.165) is 11.6 Å². The normalized spacial score (nSPS) is 23.2. The number of carboxylic acid groups (broad SMARTS) is 1. The lowest BCUT2D eigenvalue weighted by Crippen LogP contribution is -2.49. The van der Waals surface area contributed by atoms with Crippen molar-refractivity contribution < 1.29 is 19.8 Å². The monoisotopic (exact) mass is 388 g/mol. The van der Waals surface area contributed by atoms with Gasteiger partial charge >= 0.3 is 5.97 Å². The molecular weight excluding hydrogens is 364 g/mol. The minimum absolute atomic E-state index is 0.0170. The molecule has 144 valence electrons. The van der Waals surface area contributed by atoms with Crippen LogP contribution < -0.4 is 0 Å². The molecule has 0 aliphatic heterocycles. The van der Waals surface area contributed by atoms with Crippen molar-refractivity contribution in [3.8, 4) is 0 Å². The van der Waals surface area contributed by atoms with Gasteiger partial charge in [0.15, 0.2) is 5.78 Å². The quantitative estimate of drug-likeness (QED) is 0.574. The Hall–Kier alpha value is -2.17. The first-order valence-corrected chi connectivity index (χ1v) is 9.15. The fourth-order valence-electron chi connectivity index (χ4n) is 3.47. The second-order valence-electron chi connectivity index (χ2n) is 7.72. The van der Waals surface area contributed by atoms with E-state index in [9.17, 15) is 14.7 Å². The van der Waals surface area contributed by atoms with E-state index in [4.69, 9.17) is 16.7 Å². The maximum absolute atomic E-state index is 12.8. The summed E-state index contributed by atoms with van der Waals surface area (Å²) >= 11 is 5.93. The molecule has 27 heavy (non-hydrogen) atoms. The van der Waals surface area contributed by atoms with Gasteiger partial charge in [-0.05, 0) is 48.8 Å². The Morgan fingerprint density at radius 2 is 1.85 bits per heavy atom. The van der Waals surface area contributed by atoms with Crippen LogP contribution in [-0.4, -0.2) is 27.6 Å². The fourth-order valence-corrected chi connectivity index (χ4v) is 3.60. The molecule has 1 aliphatic rings. The predicted molar refractivity (Wildman–Crippen MR) is 107 cm³/mol. The summed E-state index contributed by atoms with van der Waals surface area (Å²) in [6, 6.07) is 7.28. The summed E-state index contributed by atoms with van der Waals surface area (Å²) in [6.07, 6.45) is 4.89. The molecule has 0 fully saturated rings. The van der Waals surface area contributed by atoms with Gasteiger partial charge in [-0.15, -0.1) is 0 Å². The average molecular weight is 389 g/mol. The molecule has 0 aromatic heterocycles. The Kier molecular flexibility index (Phi) is 6.13. The van der Waals surface area contributed by atoms with Crippen molar-refractivity contribution in [3.63, 3.8) is 0 Å². The maximum atomic E-state index is 12.8. The molecule has 0 unspecified atom stereocenters. The van der Waals surface area contributed by atoms with Crippen molar-refractivity contribution in [2.24, 2.45) is 5.41 Å². The molecule has 5 heteroatoms. The molecule has 1 aromatic carbocycles. The third kappa shape index (κ3) is 4.57. The second-order valence-corrected chi connectivity index (χ2v) is 8.15. The van der Waals surface area contributed by atoms with Crippen molar-refractivity contribution in [3.05, 3.63) is 69.8 Å². The number of hydrogen-bond donors (Lipinski definition) is 2. The summed E-state index contributed by atoms with van der Waals surface area (Å²) in [5, 5.41) is 21.0. The predicted octanol–water partition coefficient (Wildman–Crippen LogP) is 4.52. The zero-order valence-electron chi connectivity index (χ0n) is 16.0. The van der Waals surface area contributed by atoms with E-state index in [0.29, 0.717) is 28.2 Å². The van der Waals surface area contributed by atoms with Crippen molar-refractivity contribution >= 4 is 23.4 Å². The lowest BCUT2D eigenvalue weighted by atomic mass is 9.62. The van der Waals surface area contributed by atoms with Crippen LogP contribution in [0.15, 0.2) is 59.2 Å². The van der Waals surface area contributed by atoms with Gasteiger partial charge in [0.1, 0.15) is 5.60 Å². The Morgan fingerprint density at radius 3 is 2.41 bits per heavy atom. The second kappa shape index (κ2) is 7.83. The molecule has 0 radical (unpaired) electrons. The van der Waals surface area contributed by atoms with E-state index in [1.807, 2.05) is 26.0 Å². The summed E-state index contributed by atoms with van der Waals surface area (Å²) in [5.74, 6) is -1.03. The Labute approximate surface area is 164 Å². The molecule has 0 spiro atoms. The van der Waals surface area contributed by atoms with Crippen LogP contribution in [0.2, 0.25) is 5.02 Å². The fraction of sp³-hybridized carbons (Fsp3) is 0.364. The number of benzene rings is 1. The average Bonchev–Trinajstić information content (AvgIpc) is 2.56. The first-order valence-electron chi connectivity index (χ1n) is 8.77. The van der Waals surface area contributed by atoms with E-state index in [1.165, 1.54) is 0 Å². The highest BCUT2D eigenvalue weighted by atomic mass is 35.5. The molecule has 0 amide bonds. The van der Waals surface area contributed by atoms with Crippen molar-refractivity contribution in [2.45, 2.75) is 46.1 Å². The number of halogens is 1. The van der Waals surface area contributed by atoms with Crippen LogP contribution in [0.4, 0.5) is 0 Å². The zero-order chi connectivity index (χ0) is 20.4. The van der Waals surface area contributed by atoms with E-state index < -0.39 is 17.0 Å². The molecule has 2 rings (SSSR count). The summed E-state index contributed by atoms with van der Waals surface area (Å²) in [6.45, 7) is 7.11. The Balaban J connectivity index is 2.48. The minimum Gasteiger partial charge on any atom is -0.478 e. The van der Waals surface area contributed by atoms with Gasteiger partial charge < -0.3 is 10.2 Å². The van der Waals surface area contributed by atoms with Crippen LogP contribution in [0.25, 0.3) is 0 Å². The first kappa shape index (κ1) is 21.1. The molecule has 2 N–H and O–H groups in total. The number of carbonyl (C=O) groups is 2. The maximum Gasteiger partial charge on any atom is 0.328 e. The van der Waals surface area contributed by atoms with Gasteiger partial charge in [-0.2, -0.15) is 0 Å². The zero-order valence-corrected chi connectivity index (χ0v) is 16.8. The molecule has 0 heterocycles. The van der Waals surface area contributed by atoms with E-state index in [2.05, 4.69) is 0 Å². The van der Waals surface area contributed by atoms with Crippen LogP contribution in [-0.2, 0) is 16.0 Å². The number of ketones is 1. The third-order valence-corrected chi connectivity index (χ3v) is 5.48. The molecule has 1 atom stereocenters. The molecule has 1 aliphatic carbocycles. The lowest BCUT2D eigenvalue weighted by molar-refractivity contribution is -0.131. The van der Waals surface area contributed by atoms with Crippen LogP contribution >= 0.6 is 11.6 Å². The number of allylic oxidation sites excluding steroid dienone is 3. The number of carbonyl (C=O) groups excluding carboxylic acids is 1. The number of rotatable bonds is 5. The smallest absolute Gasteiger partial charge is 0.328 e. The van der Waals surface area contributed by atoms with Crippen LogP contribution in [0.3, 0.4) is 0 Å². The highest BCUT2D eigenvalue weighted by Gasteiger charge is 2.49. The van der Waals surface area contributed by atoms with Crippen LogP contribution in [0, 0.1) is 5.41 Å². The lowest BCUT2D eigenvalue weighted by Gasteiger charge is -2.46. The molecule has 0 bridgehead atoms. The summed E-state index contributed by atoms with van der Waals surface area (Å²) < 4.78 is 0.